The van der Waals surface area contributed by atoms with E-state index in [1.165, 1.54) is 0 Å². The highest BCUT2D eigenvalue weighted by Gasteiger charge is 2.09. The number of furan rings is 1. The van der Waals surface area contributed by atoms with Crippen LogP contribution in [0.4, 0.5) is 0 Å². The fourth-order valence-corrected chi connectivity index (χ4v) is 1.76. The summed E-state index contributed by atoms with van der Waals surface area (Å²) in [6, 6.07) is 7.98. The summed E-state index contributed by atoms with van der Waals surface area (Å²) in [6.45, 7) is 5.36. The van der Waals surface area contributed by atoms with E-state index in [1.54, 1.807) is 6.26 Å². The predicted octanol–water partition coefficient (Wildman–Crippen LogP) is 2.54. The molecule has 17 heavy (non-hydrogen) atoms. The molecule has 2 N–H and O–H groups in total. The topological polar surface area (TPSA) is 45.4 Å². The zero-order valence-corrected chi connectivity index (χ0v) is 10.3. The van der Waals surface area contributed by atoms with E-state index in [-0.39, 0.29) is 12.0 Å². The quantitative estimate of drug-likeness (QED) is 0.834. The van der Waals surface area contributed by atoms with E-state index < -0.39 is 0 Å². The van der Waals surface area contributed by atoms with Gasteiger partial charge in [-0.05, 0) is 12.0 Å². The molecule has 2 aromatic rings. The van der Waals surface area contributed by atoms with E-state index in [0.717, 1.165) is 23.1 Å². The molecule has 0 fully saturated rings. The Morgan fingerprint density at radius 2 is 2.06 bits per heavy atom. The van der Waals surface area contributed by atoms with Crippen LogP contribution in [0.1, 0.15) is 19.4 Å². The normalized spacial score (nSPS) is 13.4. The first-order chi connectivity index (χ1) is 8.18. The van der Waals surface area contributed by atoms with Gasteiger partial charge in [0.1, 0.15) is 5.58 Å². The van der Waals surface area contributed by atoms with Gasteiger partial charge in [-0.25, -0.2) is 0 Å². The number of benzene rings is 1. The maximum Gasteiger partial charge on any atom is 0.134 e. The van der Waals surface area contributed by atoms with Crippen LogP contribution < -0.4 is 5.32 Å². The molecule has 1 aromatic heterocycles. The van der Waals surface area contributed by atoms with Crippen molar-refractivity contribution in [1.82, 2.24) is 5.32 Å². The van der Waals surface area contributed by atoms with Crippen molar-refractivity contribution in [3.05, 3.63) is 36.1 Å². The zero-order chi connectivity index (χ0) is 12.3. The van der Waals surface area contributed by atoms with Gasteiger partial charge < -0.3 is 14.8 Å². The van der Waals surface area contributed by atoms with E-state index in [9.17, 15) is 5.11 Å². The number of rotatable bonds is 5. The molecular weight excluding hydrogens is 214 g/mol. The highest BCUT2D eigenvalue weighted by molar-refractivity contribution is 5.80. The molecule has 1 atom stereocenters. The zero-order valence-electron chi connectivity index (χ0n) is 10.3. The van der Waals surface area contributed by atoms with E-state index >= 15 is 0 Å². The number of hydrogen-bond donors (Lipinski definition) is 2. The van der Waals surface area contributed by atoms with E-state index in [4.69, 9.17) is 4.42 Å². The van der Waals surface area contributed by atoms with E-state index in [0.29, 0.717) is 6.54 Å². The van der Waals surface area contributed by atoms with Crippen LogP contribution in [-0.2, 0) is 6.54 Å². The van der Waals surface area contributed by atoms with Crippen LogP contribution in [0.3, 0.4) is 0 Å². The summed E-state index contributed by atoms with van der Waals surface area (Å²) in [6.07, 6.45) is 1.48. The Balaban J connectivity index is 1.95. The standard InChI is InChI=1S/C14H19NO2/c1-10(2)13(16)8-15-7-11-9-17-14-6-4-3-5-12(11)14/h3-6,9-10,13,15-16H,7-8H2,1-2H3. The van der Waals surface area contributed by atoms with Crippen LogP contribution in [0.2, 0.25) is 0 Å². The van der Waals surface area contributed by atoms with Gasteiger partial charge in [-0.1, -0.05) is 32.0 Å². The van der Waals surface area contributed by atoms with Crippen LogP contribution in [0.25, 0.3) is 11.0 Å². The first-order valence-corrected chi connectivity index (χ1v) is 6.02. The van der Waals surface area contributed by atoms with Gasteiger partial charge in [0.05, 0.1) is 12.4 Å². The lowest BCUT2D eigenvalue weighted by molar-refractivity contribution is 0.123. The van der Waals surface area contributed by atoms with Crippen molar-refractivity contribution in [3.8, 4) is 0 Å². The lowest BCUT2D eigenvalue weighted by atomic mass is 10.1. The van der Waals surface area contributed by atoms with Crippen molar-refractivity contribution in [2.24, 2.45) is 5.92 Å². The molecule has 92 valence electrons. The maximum absolute atomic E-state index is 9.68. The van der Waals surface area contributed by atoms with Crippen molar-refractivity contribution in [3.63, 3.8) is 0 Å². The molecule has 1 aromatic carbocycles. The number of aliphatic hydroxyl groups excluding tert-OH is 1. The molecule has 1 unspecified atom stereocenters. The third kappa shape index (κ3) is 2.87. The third-order valence-electron chi connectivity index (χ3n) is 3.00. The van der Waals surface area contributed by atoms with Gasteiger partial charge >= 0.3 is 0 Å². The second-order valence-corrected chi connectivity index (χ2v) is 4.70. The van der Waals surface area contributed by atoms with Crippen LogP contribution in [0.15, 0.2) is 34.9 Å². The molecule has 0 bridgehead atoms. The summed E-state index contributed by atoms with van der Waals surface area (Å²) in [5.41, 5.74) is 2.05. The first-order valence-electron chi connectivity index (χ1n) is 6.02. The maximum atomic E-state index is 9.68. The van der Waals surface area contributed by atoms with Crippen LogP contribution in [0, 0.1) is 5.92 Å². The van der Waals surface area contributed by atoms with Gasteiger partial charge in [0.2, 0.25) is 0 Å². The third-order valence-corrected chi connectivity index (χ3v) is 3.00. The number of nitrogens with one attached hydrogen (secondary N) is 1. The first kappa shape index (κ1) is 12.1. The Bertz CT molecular complexity index is 476. The molecule has 3 heteroatoms. The van der Waals surface area contributed by atoms with Crippen molar-refractivity contribution in [2.45, 2.75) is 26.5 Å². The van der Waals surface area contributed by atoms with Crippen molar-refractivity contribution in [2.75, 3.05) is 6.54 Å². The Hall–Kier alpha value is -1.32. The van der Waals surface area contributed by atoms with Crippen LogP contribution >= 0.6 is 0 Å². The summed E-state index contributed by atoms with van der Waals surface area (Å²) in [5.74, 6) is 0.281. The Morgan fingerprint density at radius 3 is 2.82 bits per heavy atom. The van der Waals surface area contributed by atoms with Gasteiger partial charge in [0.25, 0.3) is 0 Å². The largest absolute Gasteiger partial charge is 0.464 e. The molecule has 0 aliphatic rings. The van der Waals surface area contributed by atoms with Crippen molar-refractivity contribution in [1.29, 1.82) is 0 Å². The fourth-order valence-electron chi connectivity index (χ4n) is 1.76. The Morgan fingerprint density at radius 1 is 1.29 bits per heavy atom. The lowest BCUT2D eigenvalue weighted by Gasteiger charge is -2.14. The summed E-state index contributed by atoms with van der Waals surface area (Å²) in [7, 11) is 0. The Kier molecular flexibility index (Phi) is 3.82. The molecular formula is C14H19NO2. The SMILES string of the molecule is CC(C)C(O)CNCc1coc2ccccc12. The van der Waals surface area contributed by atoms with E-state index in [1.807, 2.05) is 32.0 Å². The molecule has 0 saturated carbocycles. The average molecular weight is 233 g/mol. The minimum absolute atomic E-state index is 0.281. The van der Waals surface area contributed by atoms with Gasteiger partial charge in [-0.3, -0.25) is 0 Å². The smallest absolute Gasteiger partial charge is 0.134 e. The van der Waals surface area contributed by atoms with Crippen molar-refractivity contribution >= 4 is 11.0 Å². The minimum Gasteiger partial charge on any atom is -0.464 e. The highest BCUT2D eigenvalue weighted by atomic mass is 16.3. The second-order valence-electron chi connectivity index (χ2n) is 4.70. The van der Waals surface area contributed by atoms with Crippen molar-refractivity contribution < 1.29 is 9.52 Å². The summed E-state index contributed by atoms with van der Waals surface area (Å²) in [4.78, 5) is 0. The number of hydrogen-bond acceptors (Lipinski definition) is 3. The second kappa shape index (κ2) is 5.34. The average Bonchev–Trinajstić information content (AvgIpc) is 2.72. The van der Waals surface area contributed by atoms with Gasteiger partial charge in [-0.2, -0.15) is 0 Å². The minimum atomic E-state index is -0.298. The molecule has 0 aliphatic heterocycles. The number of para-hydroxylation sites is 1. The predicted molar refractivity (Wildman–Crippen MR) is 68.8 cm³/mol. The molecule has 0 aliphatic carbocycles. The number of fused-ring (bicyclic) bond motifs is 1. The monoisotopic (exact) mass is 233 g/mol. The molecule has 0 amide bonds. The lowest BCUT2D eigenvalue weighted by Crippen LogP contribution is -2.30. The summed E-state index contributed by atoms with van der Waals surface area (Å²) >= 11 is 0. The molecule has 0 radical (unpaired) electrons. The molecule has 0 saturated heterocycles. The molecule has 0 spiro atoms. The number of aliphatic hydroxyl groups is 1. The molecule has 1 heterocycles. The molecule has 3 nitrogen and oxygen atoms in total. The molecule has 2 rings (SSSR count). The van der Waals surface area contributed by atoms with Gasteiger partial charge in [-0.15, -0.1) is 0 Å². The van der Waals surface area contributed by atoms with Crippen LogP contribution in [0.5, 0.6) is 0 Å². The van der Waals surface area contributed by atoms with E-state index in [2.05, 4.69) is 11.4 Å². The summed E-state index contributed by atoms with van der Waals surface area (Å²) in [5, 5.41) is 14.1. The fraction of sp³-hybridized carbons (Fsp3) is 0.429. The van der Waals surface area contributed by atoms with Gasteiger partial charge in [0, 0.05) is 24.0 Å². The summed E-state index contributed by atoms with van der Waals surface area (Å²) < 4.78 is 5.45. The van der Waals surface area contributed by atoms with Crippen LogP contribution in [-0.4, -0.2) is 17.8 Å². The highest BCUT2D eigenvalue weighted by Crippen LogP contribution is 2.20. The van der Waals surface area contributed by atoms with Gasteiger partial charge in [0.15, 0.2) is 0 Å². The Labute approximate surface area is 101 Å².